The third kappa shape index (κ3) is 6.98. The normalized spacial score (nSPS) is 11.4. The van der Waals surface area contributed by atoms with E-state index in [1.165, 1.54) is 6.07 Å². The summed E-state index contributed by atoms with van der Waals surface area (Å²) in [6, 6.07) is 4.89. The molecule has 3 aromatic rings. The fourth-order valence-corrected chi connectivity index (χ4v) is 3.60. The van der Waals surface area contributed by atoms with Gasteiger partial charge in [0.2, 0.25) is 5.91 Å². The molecule has 0 saturated heterocycles. The first-order chi connectivity index (χ1) is 16.1. The second kappa shape index (κ2) is 10.8. The van der Waals surface area contributed by atoms with E-state index in [0.717, 1.165) is 39.1 Å². The van der Waals surface area contributed by atoms with Crippen LogP contribution in [0.4, 0.5) is 23.2 Å². The number of nitrogens with one attached hydrogen (secondary N) is 1. The van der Waals surface area contributed by atoms with Gasteiger partial charge in [0.25, 0.3) is 0 Å². The Kier molecular flexibility index (Phi) is 8.55. The molecule has 2 N–H and O–H groups in total. The molecule has 35 heavy (non-hydrogen) atoms. The van der Waals surface area contributed by atoms with Crippen LogP contribution in [-0.2, 0) is 29.6 Å². The summed E-state index contributed by atoms with van der Waals surface area (Å²) in [6.07, 6.45) is -4.95. The Morgan fingerprint density at radius 1 is 1.14 bits per heavy atom. The number of halogens is 4. The minimum absolute atomic E-state index is 0.133. The van der Waals surface area contributed by atoms with Crippen LogP contribution in [0.1, 0.15) is 28.1 Å². The number of aromatic nitrogens is 3. The molecule has 8 nitrogen and oxygen atoms in total. The minimum Gasteiger partial charge on any atom is -0.475 e. The molecule has 0 aliphatic rings. The second-order valence-electron chi connectivity index (χ2n) is 8.29. The van der Waals surface area contributed by atoms with Crippen molar-refractivity contribution in [1.82, 2.24) is 19.7 Å². The molecule has 2 heterocycles. The van der Waals surface area contributed by atoms with Crippen molar-refractivity contribution in [1.29, 1.82) is 0 Å². The monoisotopic (exact) mass is 497 g/mol. The molecule has 0 fully saturated rings. The molecule has 3 rings (SSSR count). The maximum Gasteiger partial charge on any atom is 0.490 e. The van der Waals surface area contributed by atoms with E-state index in [4.69, 9.17) is 9.90 Å². The van der Waals surface area contributed by atoms with Crippen LogP contribution in [0.2, 0.25) is 0 Å². The molecule has 1 amide bonds. The second-order valence-corrected chi connectivity index (χ2v) is 8.29. The van der Waals surface area contributed by atoms with E-state index < -0.39 is 18.0 Å². The number of carboxylic acid groups (broad SMARTS) is 1. The SMILES string of the molecule is Cc1nc2c(c(C)nn2C)c(C)c1CC(=O)Nc1ccc(CN(C)C)cc1F.O=C(O)C(F)(F)F. The number of alkyl halides is 3. The van der Waals surface area contributed by atoms with E-state index in [-0.39, 0.29) is 18.0 Å². The third-order valence-corrected chi connectivity index (χ3v) is 5.12. The summed E-state index contributed by atoms with van der Waals surface area (Å²) in [5.74, 6) is -3.46. The maximum absolute atomic E-state index is 14.4. The number of rotatable bonds is 5. The molecule has 0 atom stereocenters. The first-order valence-electron chi connectivity index (χ1n) is 10.4. The Bertz CT molecular complexity index is 1250. The number of aliphatic carboxylic acids is 1. The summed E-state index contributed by atoms with van der Waals surface area (Å²) >= 11 is 0. The molecule has 0 radical (unpaired) electrons. The van der Waals surface area contributed by atoms with Crippen molar-refractivity contribution >= 4 is 28.6 Å². The van der Waals surface area contributed by atoms with Crippen molar-refractivity contribution in [2.45, 2.75) is 39.9 Å². The fourth-order valence-electron chi connectivity index (χ4n) is 3.60. The first kappa shape index (κ1) is 27.7. The highest BCUT2D eigenvalue weighted by Gasteiger charge is 2.38. The number of hydrogen-bond acceptors (Lipinski definition) is 5. The summed E-state index contributed by atoms with van der Waals surface area (Å²) in [5, 5.41) is 15.2. The lowest BCUT2D eigenvalue weighted by Gasteiger charge is -2.13. The molecule has 190 valence electrons. The quantitative estimate of drug-likeness (QED) is 0.519. The molecule has 0 unspecified atom stereocenters. The van der Waals surface area contributed by atoms with Crippen LogP contribution in [0.5, 0.6) is 0 Å². The van der Waals surface area contributed by atoms with Crippen LogP contribution in [0.3, 0.4) is 0 Å². The molecule has 0 aliphatic carbocycles. The smallest absolute Gasteiger partial charge is 0.475 e. The zero-order valence-electron chi connectivity index (χ0n) is 20.2. The van der Waals surface area contributed by atoms with Gasteiger partial charge in [-0.25, -0.2) is 14.2 Å². The summed E-state index contributed by atoms with van der Waals surface area (Å²) in [6.45, 7) is 6.43. The maximum atomic E-state index is 14.4. The van der Waals surface area contributed by atoms with Gasteiger partial charge in [0.1, 0.15) is 5.82 Å². The van der Waals surface area contributed by atoms with Crippen LogP contribution >= 0.6 is 0 Å². The van der Waals surface area contributed by atoms with Gasteiger partial charge >= 0.3 is 12.1 Å². The van der Waals surface area contributed by atoms with Crippen LogP contribution in [0.25, 0.3) is 11.0 Å². The number of fused-ring (bicyclic) bond motifs is 1. The Labute approximate surface area is 199 Å². The van der Waals surface area contributed by atoms with Crippen LogP contribution < -0.4 is 5.32 Å². The lowest BCUT2D eigenvalue weighted by atomic mass is 10.0. The highest BCUT2D eigenvalue weighted by Crippen LogP contribution is 2.26. The number of anilines is 1. The number of benzene rings is 1. The number of carboxylic acids is 1. The standard InChI is InChI=1S/C21H26FN5O.C2HF3O2/c1-12-16(13(2)23-21-20(12)14(3)25-27(21)6)10-19(28)24-18-8-7-15(9-17(18)22)11-26(4)5;3-2(4,5)1(6)7/h7-9H,10-11H2,1-6H3,(H,24,28);(H,6,7). The molecule has 0 aliphatic heterocycles. The van der Waals surface area contributed by atoms with Gasteiger partial charge in [-0.05, 0) is 63.7 Å². The topological polar surface area (TPSA) is 100 Å². The summed E-state index contributed by atoms with van der Waals surface area (Å²) in [7, 11) is 5.70. The van der Waals surface area contributed by atoms with Gasteiger partial charge < -0.3 is 15.3 Å². The largest absolute Gasteiger partial charge is 0.490 e. The lowest BCUT2D eigenvalue weighted by molar-refractivity contribution is -0.192. The zero-order chi connectivity index (χ0) is 26.7. The first-order valence-corrected chi connectivity index (χ1v) is 10.4. The van der Waals surface area contributed by atoms with Crippen molar-refractivity contribution in [3.63, 3.8) is 0 Å². The van der Waals surface area contributed by atoms with Crippen LogP contribution in [-0.4, -0.2) is 56.9 Å². The number of aryl methyl sites for hydroxylation is 4. The minimum atomic E-state index is -5.08. The fraction of sp³-hybridized carbons (Fsp3) is 0.391. The number of amides is 1. The van der Waals surface area contributed by atoms with E-state index in [1.807, 2.05) is 52.9 Å². The van der Waals surface area contributed by atoms with Crippen LogP contribution in [0, 0.1) is 26.6 Å². The predicted octanol–water partition coefficient (Wildman–Crippen LogP) is 3.91. The Hall–Kier alpha value is -3.54. The highest BCUT2D eigenvalue weighted by atomic mass is 19.4. The van der Waals surface area contributed by atoms with Crippen molar-refractivity contribution < 1.29 is 32.3 Å². The number of hydrogen-bond donors (Lipinski definition) is 2. The Morgan fingerprint density at radius 3 is 2.26 bits per heavy atom. The summed E-state index contributed by atoms with van der Waals surface area (Å²) < 4.78 is 47.9. The zero-order valence-corrected chi connectivity index (χ0v) is 20.2. The molecule has 2 aromatic heterocycles. The third-order valence-electron chi connectivity index (χ3n) is 5.12. The van der Waals surface area contributed by atoms with Gasteiger partial charge in [0, 0.05) is 24.7 Å². The Balaban J connectivity index is 0.000000540. The van der Waals surface area contributed by atoms with Gasteiger partial charge in [-0.15, -0.1) is 0 Å². The van der Waals surface area contributed by atoms with E-state index in [2.05, 4.69) is 15.4 Å². The number of carbonyl (C=O) groups is 2. The van der Waals surface area contributed by atoms with Gasteiger partial charge in [0.15, 0.2) is 5.65 Å². The number of carbonyl (C=O) groups excluding carboxylic acids is 1. The predicted molar refractivity (Wildman–Crippen MR) is 123 cm³/mol. The lowest BCUT2D eigenvalue weighted by Crippen LogP contribution is -2.21. The van der Waals surface area contributed by atoms with Crippen molar-refractivity contribution in [3.05, 3.63) is 52.1 Å². The van der Waals surface area contributed by atoms with Gasteiger partial charge in [-0.3, -0.25) is 9.48 Å². The molecule has 0 saturated carbocycles. The van der Waals surface area contributed by atoms with Crippen LogP contribution in [0.15, 0.2) is 18.2 Å². The van der Waals surface area contributed by atoms with Crippen molar-refractivity contribution in [2.24, 2.45) is 7.05 Å². The number of nitrogens with zero attached hydrogens (tertiary/aromatic N) is 4. The van der Waals surface area contributed by atoms with Gasteiger partial charge in [-0.1, -0.05) is 6.07 Å². The molecule has 12 heteroatoms. The van der Waals surface area contributed by atoms with E-state index >= 15 is 0 Å². The average molecular weight is 497 g/mol. The molecular weight excluding hydrogens is 470 g/mol. The molecular formula is C23H27F4N5O3. The van der Waals surface area contributed by atoms with E-state index in [0.29, 0.717) is 6.54 Å². The molecule has 0 bridgehead atoms. The Morgan fingerprint density at radius 2 is 1.74 bits per heavy atom. The van der Waals surface area contributed by atoms with E-state index in [1.54, 1.807) is 10.7 Å². The summed E-state index contributed by atoms with van der Waals surface area (Å²) in [4.78, 5) is 28.1. The molecule has 1 aromatic carbocycles. The van der Waals surface area contributed by atoms with Crippen molar-refractivity contribution in [2.75, 3.05) is 19.4 Å². The van der Waals surface area contributed by atoms with Gasteiger partial charge in [0.05, 0.1) is 17.8 Å². The molecule has 0 spiro atoms. The van der Waals surface area contributed by atoms with E-state index in [9.17, 15) is 22.4 Å². The van der Waals surface area contributed by atoms with Gasteiger partial charge in [-0.2, -0.15) is 18.3 Å². The van der Waals surface area contributed by atoms with Crippen molar-refractivity contribution in [3.8, 4) is 0 Å². The summed E-state index contributed by atoms with van der Waals surface area (Å²) in [5.41, 5.74) is 5.36. The average Bonchev–Trinajstić information content (AvgIpc) is 2.99. The number of pyridine rings is 1. The highest BCUT2D eigenvalue weighted by molar-refractivity contribution is 5.94.